The van der Waals surface area contributed by atoms with Gasteiger partial charge in [-0.15, -0.1) is 0 Å². The standard InChI is InChI=1S/C102H117BN2/c1-94(2,3)70-47-41-66(42-48-70)77-57-73(97(10,11)12)59-79(76-52-51-72(96(7,8)9)61-83(76)102(25,26)27)92(77)104-86-55-68(64-35-30-28-31-36-64)45-53-84(86)103-85-54-46-69(65-37-32-29-33-38-65)56-87(85)105(89-63-75(99(16,17)18)62-88(104)91(89)103)93-78(67-43-49-71(50-44-67)95(4,5)6)58-74(98(13,14)15)60-80(93)90-81(100(19,20)21)39-34-40-82(90)101(22,23)24/h28-63H,1-27H3/i28D,29D,30D,31D,32D,33D,35D,36D,37D,38D. The summed E-state index contributed by atoms with van der Waals surface area (Å²) in [4.78, 5) is 4.99. The molecule has 0 saturated carbocycles. The molecule has 0 spiro atoms. The molecule has 0 amide bonds. The predicted molar refractivity (Wildman–Crippen MR) is 461 cm³/mol. The smallest absolute Gasteiger partial charge is 0.252 e. The molecule has 11 aromatic carbocycles. The molecule has 0 fully saturated rings. The molecule has 2 aliphatic heterocycles. The van der Waals surface area contributed by atoms with Gasteiger partial charge in [-0.1, -0.05) is 357 Å². The molecule has 0 aromatic heterocycles. The van der Waals surface area contributed by atoms with Crippen LogP contribution in [-0.4, -0.2) is 6.71 Å². The minimum atomic E-state index is -0.624. The van der Waals surface area contributed by atoms with E-state index in [9.17, 15) is 11.0 Å². The molecule has 0 unspecified atom stereocenters. The summed E-state index contributed by atoms with van der Waals surface area (Å²) >= 11 is 0. The highest BCUT2D eigenvalue weighted by Gasteiger charge is 2.47. The molecule has 13 rings (SSSR count). The van der Waals surface area contributed by atoms with Crippen molar-refractivity contribution in [2.24, 2.45) is 0 Å². The van der Waals surface area contributed by atoms with Crippen LogP contribution in [0.3, 0.4) is 0 Å². The fourth-order valence-corrected chi connectivity index (χ4v) is 15.7. The van der Waals surface area contributed by atoms with Crippen LogP contribution in [0.5, 0.6) is 0 Å². The van der Waals surface area contributed by atoms with Crippen LogP contribution in [0.15, 0.2) is 218 Å². The van der Waals surface area contributed by atoms with E-state index in [0.29, 0.717) is 11.1 Å². The molecule has 0 atom stereocenters. The molecule has 11 aromatic rings. The SMILES string of the molecule is [2H]c1c([2H])c([2H])c(-c2ccc3c(c2)N(c2c(-c4ccc(C(C)(C)C)cc4)cc(C(C)(C)C)cc2-c2ccc(C(C)(C)C)cc2C(C)(C)C)c2cc(C(C)(C)C)cc4c2B3c2ccc(-c3c([2H])c([2H])c([2H])c([2H])c3[2H])cc2N4c2c(-c3ccc(C(C)(C)C)cc3)cc(C(C)(C)C)cc2-c2c(C(C)(C)C)cccc2C(C)(C)C)c([2H])c1[2H]. The van der Waals surface area contributed by atoms with Crippen molar-refractivity contribution < 1.29 is 13.7 Å². The molecule has 2 aliphatic rings. The molecular weight excluding hydrogens is 1260 g/mol. The van der Waals surface area contributed by atoms with Crippen LogP contribution in [0.25, 0.3) is 66.8 Å². The van der Waals surface area contributed by atoms with Gasteiger partial charge in [0.05, 0.1) is 25.1 Å². The van der Waals surface area contributed by atoms with Crippen molar-refractivity contribution in [2.45, 2.75) is 236 Å². The van der Waals surface area contributed by atoms with Crippen LogP contribution < -0.4 is 26.2 Å². The summed E-state index contributed by atoms with van der Waals surface area (Å²) in [6.07, 6.45) is 0. The van der Waals surface area contributed by atoms with Gasteiger partial charge in [0.2, 0.25) is 0 Å². The molecule has 2 nitrogen and oxygen atoms in total. The van der Waals surface area contributed by atoms with Gasteiger partial charge >= 0.3 is 0 Å². The highest BCUT2D eigenvalue weighted by molar-refractivity contribution is 7.00. The summed E-state index contributed by atoms with van der Waals surface area (Å²) in [5.41, 5.74) is 24.2. The van der Waals surface area contributed by atoms with Crippen molar-refractivity contribution in [1.29, 1.82) is 0 Å². The normalized spacial score (nSPS) is 15.1. The van der Waals surface area contributed by atoms with Crippen molar-refractivity contribution >= 4 is 57.2 Å². The minimum Gasteiger partial charge on any atom is -0.310 e. The van der Waals surface area contributed by atoms with Gasteiger partial charge < -0.3 is 9.80 Å². The lowest BCUT2D eigenvalue weighted by atomic mass is 9.33. The van der Waals surface area contributed by atoms with Gasteiger partial charge in [-0.3, -0.25) is 0 Å². The van der Waals surface area contributed by atoms with Crippen molar-refractivity contribution in [2.75, 3.05) is 9.80 Å². The van der Waals surface area contributed by atoms with E-state index < -0.39 is 64.6 Å². The Morgan fingerprint density at radius 2 is 0.581 bits per heavy atom. The predicted octanol–water partition coefficient (Wildman–Crippen LogP) is 27.4. The Hall–Kier alpha value is -8.92. The summed E-state index contributed by atoms with van der Waals surface area (Å²) in [7, 11) is 0. The monoisotopic (exact) mass is 1390 g/mol. The summed E-state index contributed by atoms with van der Waals surface area (Å²) < 4.78 is 94.0. The molecule has 0 radical (unpaired) electrons. The fraction of sp³-hybridized carbons (Fsp3) is 0.353. The highest BCUT2D eigenvalue weighted by atomic mass is 15.2. The Morgan fingerprint density at radius 1 is 0.248 bits per heavy atom. The Kier molecular flexibility index (Phi) is 15.4. The second kappa shape index (κ2) is 26.0. The highest BCUT2D eigenvalue weighted by Crippen LogP contribution is 2.58. The number of nitrogens with zero attached hydrogens (tertiary/aromatic N) is 2. The average Bonchev–Trinajstić information content (AvgIpc) is 0.682. The molecule has 538 valence electrons. The third-order valence-corrected chi connectivity index (χ3v) is 22.0. The fourth-order valence-electron chi connectivity index (χ4n) is 15.7. The maximum absolute atomic E-state index is 9.79. The number of hydrogen-bond donors (Lipinski definition) is 0. The third-order valence-electron chi connectivity index (χ3n) is 22.0. The summed E-state index contributed by atoms with van der Waals surface area (Å²) in [6, 6.07) is 55.0. The van der Waals surface area contributed by atoms with E-state index >= 15 is 0 Å². The largest absolute Gasteiger partial charge is 0.310 e. The van der Waals surface area contributed by atoms with Gasteiger partial charge in [-0.05, 0) is 208 Å². The summed E-state index contributed by atoms with van der Waals surface area (Å²) in [5, 5.41) is 0. The molecule has 3 heteroatoms. The van der Waals surface area contributed by atoms with Crippen LogP contribution in [-0.2, 0) is 48.7 Å². The zero-order chi connectivity index (χ0) is 84.7. The number of anilines is 6. The Bertz CT molecular complexity index is 5690. The van der Waals surface area contributed by atoms with Gasteiger partial charge in [-0.2, -0.15) is 0 Å². The van der Waals surface area contributed by atoms with E-state index in [1.807, 2.05) is 12.1 Å². The average molecular weight is 1390 g/mol. The van der Waals surface area contributed by atoms with Gasteiger partial charge in [-0.25, -0.2) is 0 Å². The maximum atomic E-state index is 9.79. The van der Waals surface area contributed by atoms with Crippen molar-refractivity contribution in [3.8, 4) is 66.8 Å². The zero-order valence-electron chi connectivity index (χ0n) is 78.0. The Morgan fingerprint density at radius 3 is 0.952 bits per heavy atom. The first-order chi connectivity index (χ1) is 52.9. The lowest BCUT2D eigenvalue weighted by Crippen LogP contribution is -2.61. The van der Waals surface area contributed by atoms with E-state index in [2.05, 4.69) is 342 Å². The van der Waals surface area contributed by atoms with E-state index in [1.165, 1.54) is 33.4 Å². The number of hydrogen-bond acceptors (Lipinski definition) is 2. The van der Waals surface area contributed by atoms with Gasteiger partial charge in [0.25, 0.3) is 6.71 Å². The van der Waals surface area contributed by atoms with Crippen LogP contribution in [0.4, 0.5) is 34.1 Å². The van der Waals surface area contributed by atoms with Crippen LogP contribution >= 0.6 is 0 Å². The molecule has 0 bridgehead atoms. The molecular formula is C102H117BN2. The topological polar surface area (TPSA) is 6.48 Å². The van der Waals surface area contributed by atoms with Crippen LogP contribution in [0.2, 0.25) is 0 Å². The van der Waals surface area contributed by atoms with Gasteiger partial charge in [0.1, 0.15) is 0 Å². The van der Waals surface area contributed by atoms with Crippen LogP contribution in [0.1, 0.15) is 251 Å². The minimum absolute atomic E-state index is 0.0794. The quantitative estimate of drug-likeness (QED) is 0.140. The Labute approximate surface area is 648 Å². The van der Waals surface area contributed by atoms with E-state index in [-0.39, 0.29) is 62.4 Å². The van der Waals surface area contributed by atoms with E-state index in [4.69, 9.17) is 2.74 Å². The Balaban J connectivity index is 1.34. The van der Waals surface area contributed by atoms with Crippen molar-refractivity contribution in [1.82, 2.24) is 0 Å². The maximum Gasteiger partial charge on any atom is 0.252 e. The van der Waals surface area contributed by atoms with Gasteiger partial charge in [0, 0.05) is 45.0 Å². The molecule has 0 saturated heterocycles. The van der Waals surface area contributed by atoms with Crippen molar-refractivity contribution in [3.63, 3.8) is 0 Å². The lowest BCUT2D eigenvalue weighted by molar-refractivity contribution is 0.569. The lowest BCUT2D eigenvalue weighted by Gasteiger charge is -2.47. The first kappa shape index (κ1) is 62.3. The number of rotatable bonds is 8. The van der Waals surface area contributed by atoms with E-state index in [1.54, 1.807) is 0 Å². The van der Waals surface area contributed by atoms with Crippen molar-refractivity contribution in [3.05, 3.63) is 268 Å². The van der Waals surface area contributed by atoms with E-state index in [0.717, 1.165) is 112 Å². The first-order valence-corrected chi connectivity index (χ1v) is 38.0. The number of benzene rings is 11. The second-order valence-corrected chi connectivity index (χ2v) is 39.3. The number of fused-ring (bicyclic) bond motifs is 4. The summed E-state index contributed by atoms with van der Waals surface area (Å²) in [6.45, 7) is 61.0. The first-order valence-electron chi connectivity index (χ1n) is 43.0. The zero-order valence-corrected chi connectivity index (χ0v) is 68.0. The molecule has 0 N–H and O–H groups in total. The molecule has 0 aliphatic carbocycles. The second-order valence-electron chi connectivity index (χ2n) is 39.3. The van der Waals surface area contributed by atoms with Crippen LogP contribution in [0, 0.1) is 0 Å². The molecule has 105 heavy (non-hydrogen) atoms. The molecule has 2 heterocycles. The summed E-state index contributed by atoms with van der Waals surface area (Å²) in [5.74, 6) is 0. The van der Waals surface area contributed by atoms with Gasteiger partial charge in [0.15, 0.2) is 0 Å². The third kappa shape index (κ3) is 14.1.